The highest BCUT2D eigenvalue weighted by Crippen LogP contribution is 2.51. The fourth-order valence-electron chi connectivity index (χ4n) is 4.67. The molecule has 2 aromatic rings. The molecule has 5 rings (SSSR count). The Hall–Kier alpha value is -2.04. The van der Waals surface area contributed by atoms with E-state index in [4.69, 9.17) is 4.74 Å². The van der Waals surface area contributed by atoms with Crippen LogP contribution in [0.4, 0.5) is 23.4 Å². The molecule has 3 aliphatic heterocycles. The lowest BCUT2D eigenvalue weighted by atomic mass is 9.84. The molecule has 1 atom stereocenters. The van der Waals surface area contributed by atoms with E-state index < -0.39 is 29.1 Å². The Labute approximate surface area is 181 Å². The van der Waals surface area contributed by atoms with Crippen LogP contribution in [0.25, 0.3) is 0 Å². The van der Waals surface area contributed by atoms with Crippen LogP contribution in [0.5, 0.6) is 0 Å². The lowest BCUT2D eigenvalue weighted by Crippen LogP contribution is -2.50. The van der Waals surface area contributed by atoms with Crippen molar-refractivity contribution >= 4 is 22.9 Å². The maximum atomic E-state index is 14.2. The fourth-order valence-corrected chi connectivity index (χ4v) is 5.81. The van der Waals surface area contributed by atoms with Gasteiger partial charge in [-0.05, 0) is 38.0 Å². The van der Waals surface area contributed by atoms with E-state index in [0.29, 0.717) is 37.4 Å². The Morgan fingerprint density at radius 2 is 2.03 bits per heavy atom. The first-order valence-electron chi connectivity index (χ1n) is 10.2. The molecule has 3 aliphatic rings. The van der Waals surface area contributed by atoms with Gasteiger partial charge in [0.1, 0.15) is 12.2 Å². The van der Waals surface area contributed by atoms with E-state index in [1.165, 1.54) is 12.3 Å². The number of thiophene rings is 1. The second kappa shape index (κ2) is 7.53. The summed E-state index contributed by atoms with van der Waals surface area (Å²) < 4.78 is 62.0. The van der Waals surface area contributed by atoms with Crippen molar-refractivity contribution in [3.05, 3.63) is 45.8 Å². The molecule has 1 fully saturated rings. The Kier molecular flexibility index (Phi) is 5.06. The van der Waals surface area contributed by atoms with Gasteiger partial charge in [0, 0.05) is 47.9 Å². The molecule has 0 N–H and O–H groups in total. The summed E-state index contributed by atoms with van der Waals surface area (Å²) in [5.74, 6) is -3.24. The minimum atomic E-state index is -3.15. The number of hydrazone groups is 1. The zero-order valence-corrected chi connectivity index (χ0v) is 17.8. The first kappa shape index (κ1) is 20.8. The van der Waals surface area contributed by atoms with E-state index in [1.54, 1.807) is 11.1 Å². The van der Waals surface area contributed by atoms with Gasteiger partial charge >= 0.3 is 0 Å². The number of halogens is 4. The number of ether oxygens (including phenoxy) is 1. The lowest BCUT2D eigenvalue weighted by molar-refractivity contribution is -0.181. The van der Waals surface area contributed by atoms with E-state index in [9.17, 15) is 17.6 Å². The third-order valence-corrected chi connectivity index (χ3v) is 7.54. The predicted octanol–water partition coefficient (Wildman–Crippen LogP) is 4.35. The summed E-state index contributed by atoms with van der Waals surface area (Å²) in [6.45, 7) is 3.75. The van der Waals surface area contributed by atoms with Crippen LogP contribution in [0, 0.1) is 16.9 Å². The molecule has 0 aromatic carbocycles. The highest BCUT2D eigenvalue weighted by Gasteiger charge is 2.52. The quantitative estimate of drug-likeness (QED) is 0.647. The van der Waals surface area contributed by atoms with Crippen LogP contribution in [-0.2, 0) is 16.3 Å². The van der Waals surface area contributed by atoms with Gasteiger partial charge < -0.3 is 9.64 Å². The average Bonchev–Trinajstić information content (AvgIpc) is 3.31. The molecule has 0 amide bonds. The molecule has 1 spiro atoms. The first-order valence-corrected chi connectivity index (χ1v) is 11.1. The van der Waals surface area contributed by atoms with E-state index in [-0.39, 0.29) is 17.3 Å². The van der Waals surface area contributed by atoms with Crippen LogP contribution in [-0.4, -0.2) is 48.4 Å². The van der Waals surface area contributed by atoms with Crippen LogP contribution in [0.2, 0.25) is 0 Å². The van der Waals surface area contributed by atoms with Gasteiger partial charge in [-0.2, -0.15) is 18.3 Å². The molecule has 31 heavy (non-hydrogen) atoms. The van der Waals surface area contributed by atoms with Crippen molar-refractivity contribution in [1.82, 2.24) is 9.88 Å². The number of hydrogen-bond acceptors (Lipinski definition) is 6. The van der Waals surface area contributed by atoms with Gasteiger partial charge in [0.15, 0.2) is 16.8 Å². The third-order valence-electron chi connectivity index (χ3n) is 6.43. The number of likely N-dealkylation sites (tertiary alicyclic amines) is 1. The van der Waals surface area contributed by atoms with Crippen molar-refractivity contribution < 1.29 is 22.3 Å². The van der Waals surface area contributed by atoms with Crippen molar-refractivity contribution in [2.45, 2.75) is 31.3 Å². The molecule has 0 aliphatic carbocycles. The second-order valence-electron chi connectivity index (χ2n) is 8.41. The summed E-state index contributed by atoms with van der Waals surface area (Å²) in [5.41, 5.74) is -0.159. The molecule has 0 bridgehead atoms. The molecule has 0 radical (unpaired) electrons. The Bertz CT molecular complexity index is 1020. The molecular formula is C21H22F4N4OS. The number of pyridine rings is 1. The van der Waals surface area contributed by atoms with Gasteiger partial charge in [-0.25, -0.2) is 14.4 Å². The number of fused-ring (bicyclic) bond motifs is 2. The molecule has 5 nitrogen and oxygen atoms in total. The highest BCUT2D eigenvalue weighted by atomic mass is 32.1. The van der Waals surface area contributed by atoms with E-state index in [2.05, 4.69) is 15.0 Å². The van der Waals surface area contributed by atoms with Gasteiger partial charge in [-0.1, -0.05) is 0 Å². The summed E-state index contributed by atoms with van der Waals surface area (Å²) in [5, 5.41) is 5.46. The smallest absolute Gasteiger partial charge is 0.297 e. The van der Waals surface area contributed by atoms with Gasteiger partial charge in [0.25, 0.3) is 5.92 Å². The normalized spacial score (nSPS) is 25.0. The molecular weight excluding hydrogens is 432 g/mol. The summed E-state index contributed by atoms with van der Waals surface area (Å²) in [6.07, 6.45) is 2.59. The van der Waals surface area contributed by atoms with Gasteiger partial charge in [-0.15, -0.1) is 11.3 Å². The van der Waals surface area contributed by atoms with Crippen molar-refractivity contribution in [3.8, 4) is 0 Å². The second-order valence-corrected chi connectivity index (χ2v) is 9.41. The molecule has 1 saturated heterocycles. The minimum absolute atomic E-state index is 0.113. The molecule has 2 aromatic heterocycles. The standard InChI is InChI=1S/C21H22F4N4OS/c1-13-14(11-29(27-13)19-16(22)3-2-6-26-19)10-28-7-4-20(5-8-28)18-15(9-17(23)31-18)21(24,25)12-30-20/h2-3,6,9,14H,4-5,7-8,10-12H2,1H3. The summed E-state index contributed by atoms with van der Waals surface area (Å²) in [7, 11) is 0. The molecule has 1 unspecified atom stereocenters. The Balaban J connectivity index is 1.25. The monoisotopic (exact) mass is 454 g/mol. The number of aromatic nitrogens is 1. The number of rotatable bonds is 3. The maximum Gasteiger partial charge on any atom is 0.297 e. The van der Waals surface area contributed by atoms with Crippen molar-refractivity contribution in [1.29, 1.82) is 0 Å². The summed E-state index contributed by atoms with van der Waals surface area (Å²) in [6, 6.07) is 3.86. The lowest BCUT2D eigenvalue weighted by Gasteiger charge is -2.45. The molecule has 0 saturated carbocycles. The topological polar surface area (TPSA) is 41.0 Å². The summed E-state index contributed by atoms with van der Waals surface area (Å²) >= 11 is 0.773. The van der Waals surface area contributed by atoms with Crippen molar-refractivity contribution in [2.75, 3.05) is 37.8 Å². The predicted molar refractivity (Wildman–Crippen MR) is 110 cm³/mol. The maximum absolute atomic E-state index is 14.2. The van der Waals surface area contributed by atoms with E-state index in [0.717, 1.165) is 29.7 Å². The third kappa shape index (κ3) is 3.64. The van der Waals surface area contributed by atoms with Gasteiger partial charge in [0.2, 0.25) is 0 Å². The first-order chi connectivity index (χ1) is 14.8. The van der Waals surface area contributed by atoms with Crippen LogP contribution < -0.4 is 5.01 Å². The van der Waals surface area contributed by atoms with E-state index >= 15 is 0 Å². The van der Waals surface area contributed by atoms with Crippen LogP contribution in [0.15, 0.2) is 29.5 Å². The number of nitrogens with zero attached hydrogens (tertiary/aromatic N) is 4. The van der Waals surface area contributed by atoms with Gasteiger partial charge in [-0.3, -0.25) is 0 Å². The largest absolute Gasteiger partial charge is 0.363 e. The Morgan fingerprint density at radius 3 is 2.77 bits per heavy atom. The molecule has 10 heteroatoms. The molecule has 5 heterocycles. The van der Waals surface area contributed by atoms with E-state index in [1.807, 2.05) is 6.92 Å². The van der Waals surface area contributed by atoms with Crippen LogP contribution >= 0.6 is 11.3 Å². The molecule has 166 valence electrons. The van der Waals surface area contributed by atoms with Crippen molar-refractivity contribution in [3.63, 3.8) is 0 Å². The number of alkyl halides is 2. The average molecular weight is 454 g/mol. The number of hydrogen-bond donors (Lipinski definition) is 0. The minimum Gasteiger partial charge on any atom is -0.363 e. The highest BCUT2D eigenvalue weighted by molar-refractivity contribution is 7.10. The zero-order valence-electron chi connectivity index (χ0n) is 17.0. The summed E-state index contributed by atoms with van der Waals surface area (Å²) in [4.78, 5) is 6.66. The SMILES string of the molecule is CC1=NN(c2ncccc2F)CC1CN1CCC2(CC1)OCC(F)(F)c1cc(F)sc12. The number of piperidine rings is 1. The van der Waals surface area contributed by atoms with Crippen molar-refractivity contribution in [2.24, 2.45) is 11.0 Å². The Morgan fingerprint density at radius 1 is 1.26 bits per heavy atom. The van der Waals surface area contributed by atoms with Gasteiger partial charge in [0.05, 0.1) is 6.54 Å². The fraction of sp³-hybridized carbons (Fsp3) is 0.524. The zero-order chi connectivity index (χ0) is 21.8. The van der Waals surface area contributed by atoms with Crippen LogP contribution in [0.1, 0.15) is 30.2 Å². The number of anilines is 1. The van der Waals surface area contributed by atoms with Crippen LogP contribution in [0.3, 0.4) is 0 Å².